The van der Waals surface area contributed by atoms with E-state index in [1.54, 1.807) is 0 Å². The van der Waals surface area contributed by atoms with Crippen LogP contribution >= 0.6 is 0 Å². The van der Waals surface area contributed by atoms with Crippen molar-refractivity contribution in [2.75, 3.05) is 12.3 Å². The molecule has 1 rings (SSSR count). The Morgan fingerprint density at radius 3 is 2.73 bits per heavy atom. The Balaban J connectivity index is 2.71. The van der Waals surface area contributed by atoms with Crippen LogP contribution in [0, 0.1) is 5.39 Å². The number of benzene rings is 1. The van der Waals surface area contributed by atoms with Crippen LogP contribution in [0.5, 0.6) is 0 Å². The van der Waals surface area contributed by atoms with Gasteiger partial charge in [0.15, 0.2) is 0 Å². The monoisotopic (exact) mass is 148 g/mol. The third kappa shape index (κ3) is 1.94. The Labute approximate surface area is 65.5 Å². The summed E-state index contributed by atoms with van der Waals surface area (Å²) >= 11 is 0. The molecule has 0 aliphatic carbocycles. The molecule has 0 radical (unpaired) electrons. The Bertz CT molecular complexity index is 275. The van der Waals surface area contributed by atoms with Crippen molar-refractivity contribution in [2.45, 2.75) is 6.42 Å². The molecule has 3 nitrogen and oxygen atoms in total. The lowest BCUT2D eigenvalue weighted by atomic mass is 10.1. The molecular formula is C8H10N3+. The zero-order chi connectivity index (χ0) is 8.10. The fraction of sp³-hybridized carbons (Fsp3) is 0.250. The van der Waals surface area contributed by atoms with Crippen molar-refractivity contribution in [2.24, 2.45) is 0 Å². The van der Waals surface area contributed by atoms with Crippen molar-refractivity contribution in [3.63, 3.8) is 0 Å². The molecule has 0 aliphatic rings. The molecule has 0 saturated carbocycles. The standard InChI is InChI=1S/C8H10N3/c9-8-4-2-1-3-7(8)5-6-11-10/h1-4H,5-6,9H2/q+1. The van der Waals surface area contributed by atoms with E-state index in [1.807, 2.05) is 24.3 Å². The topological polar surface area (TPSA) is 54.2 Å². The van der Waals surface area contributed by atoms with E-state index in [2.05, 4.69) is 4.98 Å². The Morgan fingerprint density at radius 2 is 2.09 bits per heavy atom. The van der Waals surface area contributed by atoms with Gasteiger partial charge in [-0.1, -0.05) is 18.2 Å². The van der Waals surface area contributed by atoms with Crippen molar-refractivity contribution in [3.05, 3.63) is 34.8 Å². The van der Waals surface area contributed by atoms with Crippen LogP contribution in [-0.2, 0) is 6.42 Å². The first-order valence-corrected chi connectivity index (χ1v) is 3.49. The maximum atomic E-state index is 8.20. The van der Waals surface area contributed by atoms with Gasteiger partial charge in [-0.25, -0.2) is 0 Å². The Hall–Kier alpha value is -1.56. The van der Waals surface area contributed by atoms with Crippen molar-refractivity contribution >= 4 is 5.69 Å². The summed E-state index contributed by atoms with van der Waals surface area (Å²) < 4.78 is 0. The summed E-state index contributed by atoms with van der Waals surface area (Å²) in [5, 5.41) is 8.20. The lowest BCUT2D eigenvalue weighted by Crippen LogP contribution is -1.94. The summed E-state index contributed by atoms with van der Waals surface area (Å²) in [5.74, 6) is 0. The molecule has 0 aromatic heterocycles. The minimum Gasteiger partial charge on any atom is -0.399 e. The van der Waals surface area contributed by atoms with Crippen LogP contribution in [-0.4, -0.2) is 6.54 Å². The molecule has 11 heavy (non-hydrogen) atoms. The van der Waals surface area contributed by atoms with Crippen LogP contribution in [0.25, 0.3) is 4.98 Å². The largest absolute Gasteiger partial charge is 0.399 e. The molecule has 1 aromatic carbocycles. The normalized spacial score (nSPS) is 9.00. The summed E-state index contributed by atoms with van der Waals surface area (Å²) in [7, 11) is 0. The minimum atomic E-state index is 0.411. The number of diazo groups is 1. The average molecular weight is 148 g/mol. The summed E-state index contributed by atoms with van der Waals surface area (Å²) in [6.07, 6.45) is 0.698. The molecule has 0 unspecified atom stereocenters. The third-order valence-corrected chi connectivity index (χ3v) is 1.54. The molecule has 0 spiro atoms. The highest BCUT2D eigenvalue weighted by atomic mass is 14.8. The molecule has 0 atom stereocenters. The first kappa shape index (κ1) is 7.55. The summed E-state index contributed by atoms with van der Waals surface area (Å²) in [4.78, 5) is 3.02. The van der Waals surface area contributed by atoms with Crippen molar-refractivity contribution in [3.8, 4) is 0 Å². The van der Waals surface area contributed by atoms with Gasteiger partial charge >= 0.3 is 6.54 Å². The number of nitrogens with zero attached hydrogens (tertiary/aromatic N) is 2. The molecule has 0 bridgehead atoms. The Kier molecular flexibility index (Phi) is 2.45. The molecule has 2 N–H and O–H groups in total. The first-order valence-electron chi connectivity index (χ1n) is 3.49. The van der Waals surface area contributed by atoms with Gasteiger partial charge in [0.2, 0.25) is 5.39 Å². The quantitative estimate of drug-likeness (QED) is 0.512. The highest BCUT2D eigenvalue weighted by molar-refractivity contribution is 5.46. The summed E-state index contributed by atoms with van der Waals surface area (Å²) in [6.45, 7) is 0.411. The van der Waals surface area contributed by atoms with Gasteiger partial charge in [0.25, 0.3) is 0 Å². The molecule has 1 aromatic rings. The van der Waals surface area contributed by atoms with E-state index in [4.69, 9.17) is 11.1 Å². The number of hydrogen-bond acceptors (Lipinski definition) is 2. The van der Waals surface area contributed by atoms with E-state index in [1.165, 1.54) is 0 Å². The van der Waals surface area contributed by atoms with E-state index < -0.39 is 0 Å². The molecule has 0 saturated heterocycles. The highest BCUT2D eigenvalue weighted by Crippen LogP contribution is 2.10. The predicted octanol–water partition coefficient (Wildman–Crippen LogP) is 1.66. The van der Waals surface area contributed by atoms with Gasteiger partial charge < -0.3 is 5.73 Å². The number of nitrogen functional groups attached to an aromatic ring is 1. The molecule has 3 heteroatoms. The van der Waals surface area contributed by atoms with Crippen LogP contribution in [0.15, 0.2) is 24.3 Å². The van der Waals surface area contributed by atoms with Crippen LogP contribution in [0.4, 0.5) is 5.69 Å². The molecule has 0 heterocycles. The lowest BCUT2D eigenvalue weighted by Gasteiger charge is -1.97. The SMILES string of the molecule is N#[N+]CCc1ccccc1N. The second-order valence-electron chi connectivity index (χ2n) is 2.31. The minimum absolute atomic E-state index is 0.411. The maximum Gasteiger partial charge on any atom is 0.309 e. The number of nitrogens with two attached hydrogens (primary N) is 1. The highest BCUT2D eigenvalue weighted by Gasteiger charge is 2.00. The van der Waals surface area contributed by atoms with E-state index in [0.717, 1.165) is 11.3 Å². The fourth-order valence-electron chi connectivity index (χ4n) is 0.932. The van der Waals surface area contributed by atoms with Gasteiger partial charge in [-0.3, -0.25) is 0 Å². The zero-order valence-corrected chi connectivity index (χ0v) is 6.20. The number of hydrogen-bond donors (Lipinski definition) is 1. The van der Waals surface area contributed by atoms with Gasteiger partial charge in [-0.2, -0.15) is 0 Å². The first-order chi connectivity index (χ1) is 5.34. The summed E-state index contributed by atoms with van der Waals surface area (Å²) in [6, 6.07) is 7.57. The predicted molar refractivity (Wildman–Crippen MR) is 44.5 cm³/mol. The van der Waals surface area contributed by atoms with Gasteiger partial charge in [0.05, 0.1) is 6.42 Å². The van der Waals surface area contributed by atoms with Gasteiger partial charge in [-0.05, 0) is 11.6 Å². The zero-order valence-electron chi connectivity index (χ0n) is 6.20. The van der Waals surface area contributed by atoms with E-state index in [0.29, 0.717) is 13.0 Å². The molecule has 56 valence electrons. The van der Waals surface area contributed by atoms with E-state index in [9.17, 15) is 0 Å². The van der Waals surface area contributed by atoms with Gasteiger partial charge in [0, 0.05) is 5.69 Å². The molecule has 0 aliphatic heterocycles. The van der Waals surface area contributed by atoms with Crippen LogP contribution in [0.3, 0.4) is 0 Å². The fourth-order valence-corrected chi connectivity index (χ4v) is 0.932. The Morgan fingerprint density at radius 1 is 1.36 bits per heavy atom. The smallest absolute Gasteiger partial charge is 0.309 e. The third-order valence-electron chi connectivity index (χ3n) is 1.54. The van der Waals surface area contributed by atoms with Crippen molar-refractivity contribution < 1.29 is 0 Å². The second kappa shape index (κ2) is 3.57. The number of para-hydroxylation sites is 1. The lowest BCUT2D eigenvalue weighted by molar-refractivity contribution is 1.05. The van der Waals surface area contributed by atoms with Crippen molar-refractivity contribution in [1.29, 1.82) is 5.39 Å². The van der Waals surface area contributed by atoms with Gasteiger partial charge in [0.1, 0.15) is 4.98 Å². The maximum absolute atomic E-state index is 8.20. The number of rotatable bonds is 2. The van der Waals surface area contributed by atoms with Crippen molar-refractivity contribution in [1.82, 2.24) is 0 Å². The molecule has 0 amide bonds. The molecule has 0 fully saturated rings. The van der Waals surface area contributed by atoms with Crippen LogP contribution < -0.4 is 5.73 Å². The van der Waals surface area contributed by atoms with Crippen LogP contribution in [0.1, 0.15) is 5.56 Å². The summed E-state index contributed by atoms with van der Waals surface area (Å²) in [5.41, 5.74) is 7.43. The van der Waals surface area contributed by atoms with Gasteiger partial charge in [-0.15, -0.1) is 0 Å². The van der Waals surface area contributed by atoms with Crippen LogP contribution in [0.2, 0.25) is 0 Å². The number of anilines is 1. The van der Waals surface area contributed by atoms with E-state index in [-0.39, 0.29) is 0 Å². The van der Waals surface area contributed by atoms with E-state index >= 15 is 0 Å². The molecular weight excluding hydrogens is 138 g/mol. The average Bonchev–Trinajstić information content (AvgIpc) is 2.03. The second-order valence-corrected chi connectivity index (χ2v) is 2.31.